The summed E-state index contributed by atoms with van der Waals surface area (Å²) in [7, 11) is 1.66. The van der Waals surface area contributed by atoms with Crippen LogP contribution in [0.3, 0.4) is 0 Å². The van der Waals surface area contributed by atoms with Crippen LogP contribution in [0.1, 0.15) is 51.5 Å². The van der Waals surface area contributed by atoms with Crippen LogP contribution in [0, 0.1) is 12.8 Å². The first-order valence-electron chi connectivity index (χ1n) is 9.37. The van der Waals surface area contributed by atoms with Crippen molar-refractivity contribution >= 4 is 23.0 Å². The van der Waals surface area contributed by atoms with E-state index in [0.29, 0.717) is 11.0 Å². The molecule has 0 spiro atoms. The van der Waals surface area contributed by atoms with Crippen LogP contribution in [0.5, 0.6) is 5.75 Å². The molecule has 0 bridgehead atoms. The molecule has 1 rings (SSSR count). The molecule has 25 heavy (non-hydrogen) atoms. The second-order valence-electron chi connectivity index (χ2n) is 6.43. The van der Waals surface area contributed by atoms with Crippen LogP contribution in [0.15, 0.2) is 18.2 Å². The maximum Gasteiger partial charge on any atom is 0.170 e. The molecule has 0 aliphatic rings. The minimum absolute atomic E-state index is 0.610. The zero-order valence-corrected chi connectivity index (χ0v) is 17.0. The number of aryl methyl sites for hydroxylation is 1. The molecular formula is C20H34N2O2S. The van der Waals surface area contributed by atoms with E-state index in [4.69, 9.17) is 21.7 Å². The Hall–Kier alpha value is -1.33. The number of rotatable bonds is 12. The molecule has 0 aromatic heterocycles. The molecule has 0 fully saturated rings. The Kier molecular flexibility index (Phi) is 11.2. The van der Waals surface area contributed by atoms with Crippen molar-refractivity contribution < 1.29 is 9.47 Å². The number of hydrogen-bond acceptors (Lipinski definition) is 3. The molecule has 0 aliphatic carbocycles. The van der Waals surface area contributed by atoms with Gasteiger partial charge in [-0.05, 0) is 55.6 Å². The van der Waals surface area contributed by atoms with Crippen molar-refractivity contribution in [1.82, 2.24) is 5.32 Å². The number of thiocarbonyl (C=S) groups is 1. The fourth-order valence-electron chi connectivity index (χ4n) is 2.61. The molecular weight excluding hydrogens is 332 g/mol. The summed E-state index contributed by atoms with van der Waals surface area (Å²) in [6, 6.07) is 5.98. The molecule has 4 nitrogen and oxygen atoms in total. The summed E-state index contributed by atoms with van der Waals surface area (Å²) in [5.74, 6) is 1.49. The molecule has 0 heterocycles. The molecule has 1 unspecified atom stereocenters. The summed E-state index contributed by atoms with van der Waals surface area (Å²) in [4.78, 5) is 0. The third-order valence-electron chi connectivity index (χ3n) is 4.25. The van der Waals surface area contributed by atoms with Crippen molar-refractivity contribution in [3.63, 3.8) is 0 Å². The van der Waals surface area contributed by atoms with Crippen molar-refractivity contribution in [2.24, 2.45) is 5.92 Å². The molecule has 5 heteroatoms. The number of hydrogen-bond donors (Lipinski definition) is 2. The number of anilines is 1. The van der Waals surface area contributed by atoms with Crippen molar-refractivity contribution in [3.8, 4) is 5.75 Å². The summed E-state index contributed by atoms with van der Waals surface area (Å²) >= 11 is 5.35. The van der Waals surface area contributed by atoms with E-state index in [9.17, 15) is 0 Å². The average Bonchev–Trinajstić information content (AvgIpc) is 2.60. The number of nitrogens with one attached hydrogen (secondary N) is 2. The lowest BCUT2D eigenvalue weighted by molar-refractivity contribution is 0.0928. The SMILES string of the molecule is CCCCC(CC)COCCCNC(=S)Nc1cc(C)ccc1OC. The molecule has 1 aromatic carbocycles. The van der Waals surface area contributed by atoms with Gasteiger partial charge in [0.25, 0.3) is 0 Å². The van der Waals surface area contributed by atoms with E-state index in [1.54, 1.807) is 7.11 Å². The predicted molar refractivity (Wildman–Crippen MR) is 111 cm³/mol. The van der Waals surface area contributed by atoms with Gasteiger partial charge in [-0.2, -0.15) is 0 Å². The Morgan fingerprint density at radius 3 is 2.72 bits per heavy atom. The fourth-order valence-corrected chi connectivity index (χ4v) is 2.82. The van der Waals surface area contributed by atoms with Crippen LogP contribution in [0.4, 0.5) is 5.69 Å². The Labute approximate surface area is 158 Å². The van der Waals surface area contributed by atoms with Gasteiger partial charge in [0.05, 0.1) is 12.8 Å². The smallest absolute Gasteiger partial charge is 0.170 e. The molecule has 1 atom stereocenters. The van der Waals surface area contributed by atoms with Crippen LogP contribution >= 0.6 is 12.2 Å². The number of benzene rings is 1. The molecule has 0 saturated carbocycles. The third-order valence-corrected chi connectivity index (χ3v) is 4.50. The zero-order chi connectivity index (χ0) is 18.5. The standard InChI is InChI=1S/C20H34N2O2S/c1-5-7-9-17(6-2)15-24-13-8-12-21-20(25)22-18-14-16(3)10-11-19(18)23-4/h10-11,14,17H,5-9,12-13,15H2,1-4H3,(H2,21,22,25). The van der Waals surface area contributed by atoms with Gasteiger partial charge in [0.2, 0.25) is 0 Å². The van der Waals surface area contributed by atoms with Gasteiger partial charge in [0.15, 0.2) is 5.11 Å². The summed E-state index contributed by atoms with van der Waals surface area (Å²) in [5, 5.41) is 7.03. The van der Waals surface area contributed by atoms with Crippen LogP contribution in [-0.2, 0) is 4.74 Å². The Bertz CT molecular complexity index is 508. The van der Waals surface area contributed by atoms with Gasteiger partial charge >= 0.3 is 0 Å². The molecule has 1 aromatic rings. The van der Waals surface area contributed by atoms with Crippen molar-refractivity contribution in [2.75, 3.05) is 32.2 Å². The zero-order valence-electron chi connectivity index (χ0n) is 16.2. The first-order chi connectivity index (χ1) is 12.1. The minimum Gasteiger partial charge on any atom is -0.495 e. The number of methoxy groups -OCH3 is 1. The van der Waals surface area contributed by atoms with Crippen LogP contribution < -0.4 is 15.4 Å². The highest BCUT2D eigenvalue weighted by atomic mass is 32.1. The lowest BCUT2D eigenvalue weighted by Crippen LogP contribution is -2.30. The highest BCUT2D eigenvalue weighted by molar-refractivity contribution is 7.80. The first-order valence-corrected chi connectivity index (χ1v) is 9.78. The molecule has 0 aliphatic heterocycles. The Balaban J connectivity index is 2.20. The van der Waals surface area contributed by atoms with Gasteiger partial charge < -0.3 is 20.1 Å². The second-order valence-corrected chi connectivity index (χ2v) is 6.84. The first kappa shape index (κ1) is 21.7. The Morgan fingerprint density at radius 1 is 1.24 bits per heavy atom. The molecule has 0 radical (unpaired) electrons. The average molecular weight is 367 g/mol. The summed E-state index contributed by atoms with van der Waals surface area (Å²) in [6.07, 6.45) is 5.97. The van der Waals surface area contributed by atoms with Crippen molar-refractivity contribution in [3.05, 3.63) is 23.8 Å². The van der Waals surface area contributed by atoms with E-state index in [2.05, 4.69) is 24.5 Å². The molecule has 0 saturated heterocycles. The van der Waals surface area contributed by atoms with E-state index in [1.165, 1.54) is 25.7 Å². The summed E-state index contributed by atoms with van der Waals surface area (Å²) < 4.78 is 11.2. The number of unbranched alkanes of at least 4 members (excludes halogenated alkanes) is 1. The summed E-state index contributed by atoms with van der Waals surface area (Å²) in [6.45, 7) is 8.97. The quantitative estimate of drug-likeness (QED) is 0.406. The van der Waals surface area contributed by atoms with E-state index in [1.807, 2.05) is 25.1 Å². The van der Waals surface area contributed by atoms with Gasteiger partial charge in [0, 0.05) is 19.8 Å². The highest BCUT2D eigenvalue weighted by Crippen LogP contribution is 2.24. The van der Waals surface area contributed by atoms with E-state index < -0.39 is 0 Å². The van der Waals surface area contributed by atoms with Gasteiger partial charge in [-0.15, -0.1) is 0 Å². The van der Waals surface area contributed by atoms with Gasteiger partial charge in [-0.3, -0.25) is 0 Å². The lowest BCUT2D eigenvalue weighted by atomic mass is 10.0. The van der Waals surface area contributed by atoms with Crippen molar-refractivity contribution in [1.29, 1.82) is 0 Å². The van der Waals surface area contributed by atoms with Crippen LogP contribution in [0.2, 0.25) is 0 Å². The maximum atomic E-state index is 5.81. The monoisotopic (exact) mass is 366 g/mol. The minimum atomic E-state index is 0.610. The molecule has 0 amide bonds. The molecule has 142 valence electrons. The fraction of sp³-hybridized carbons (Fsp3) is 0.650. The third kappa shape index (κ3) is 9.07. The second kappa shape index (κ2) is 13.0. The largest absolute Gasteiger partial charge is 0.495 e. The summed E-state index contributed by atoms with van der Waals surface area (Å²) in [5.41, 5.74) is 2.05. The Morgan fingerprint density at radius 2 is 2.04 bits per heavy atom. The van der Waals surface area contributed by atoms with Gasteiger partial charge in [0.1, 0.15) is 5.75 Å². The topological polar surface area (TPSA) is 42.5 Å². The van der Waals surface area contributed by atoms with Crippen LogP contribution in [-0.4, -0.2) is 32.0 Å². The van der Waals surface area contributed by atoms with E-state index in [-0.39, 0.29) is 0 Å². The van der Waals surface area contributed by atoms with E-state index in [0.717, 1.165) is 43.2 Å². The van der Waals surface area contributed by atoms with Crippen LogP contribution in [0.25, 0.3) is 0 Å². The van der Waals surface area contributed by atoms with Gasteiger partial charge in [-0.1, -0.05) is 39.2 Å². The highest BCUT2D eigenvalue weighted by Gasteiger charge is 2.06. The lowest BCUT2D eigenvalue weighted by Gasteiger charge is -2.15. The van der Waals surface area contributed by atoms with E-state index >= 15 is 0 Å². The van der Waals surface area contributed by atoms with Crippen molar-refractivity contribution in [2.45, 2.75) is 52.9 Å². The maximum absolute atomic E-state index is 5.81. The number of ether oxygens (including phenoxy) is 2. The molecule has 2 N–H and O–H groups in total. The normalized spacial score (nSPS) is 11.8. The van der Waals surface area contributed by atoms with Gasteiger partial charge in [-0.25, -0.2) is 0 Å². The predicted octanol–water partition coefficient (Wildman–Crippen LogP) is 4.91.